The van der Waals surface area contributed by atoms with Crippen LogP contribution in [-0.2, 0) is 13.0 Å². The Balaban J connectivity index is 1.37. The molecule has 0 unspecified atom stereocenters. The Kier molecular flexibility index (Phi) is 4.46. The normalized spacial score (nSPS) is 25.6. The lowest BCUT2D eigenvalue weighted by Crippen LogP contribution is -2.37. The average molecular weight is 291 g/mol. The van der Waals surface area contributed by atoms with E-state index in [-0.39, 0.29) is 6.03 Å². The number of carbonyl (C=O) groups excluding carboxylic acids is 1. The number of aryl methyl sites for hydroxylation is 1. The maximum absolute atomic E-state index is 11.9. The molecule has 0 radical (unpaired) electrons. The number of nitrogens with one attached hydrogen (secondary N) is 2. The van der Waals surface area contributed by atoms with E-state index >= 15 is 0 Å². The van der Waals surface area contributed by atoms with Gasteiger partial charge in [0.05, 0.1) is 12.2 Å². The smallest absolute Gasteiger partial charge is 0.315 e. The molecule has 2 atom stereocenters. The molecule has 0 bridgehead atoms. The summed E-state index contributed by atoms with van der Waals surface area (Å²) in [6.45, 7) is 2.43. The number of amides is 2. The first-order chi connectivity index (χ1) is 10.3. The lowest BCUT2D eigenvalue weighted by molar-refractivity contribution is 0.236. The zero-order valence-corrected chi connectivity index (χ0v) is 12.7. The summed E-state index contributed by atoms with van der Waals surface area (Å²) >= 11 is 0. The van der Waals surface area contributed by atoms with Crippen molar-refractivity contribution in [1.82, 2.24) is 15.8 Å². The predicted molar refractivity (Wildman–Crippen MR) is 79.7 cm³/mol. The van der Waals surface area contributed by atoms with Gasteiger partial charge < -0.3 is 15.2 Å². The summed E-state index contributed by atoms with van der Waals surface area (Å²) in [7, 11) is 0. The molecule has 0 aromatic carbocycles. The molecule has 3 rings (SSSR count). The number of aromatic nitrogens is 1. The van der Waals surface area contributed by atoms with Crippen molar-refractivity contribution in [2.24, 2.45) is 11.8 Å². The van der Waals surface area contributed by atoms with Crippen LogP contribution in [0.1, 0.15) is 56.9 Å². The maximum atomic E-state index is 11.9. The van der Waals surface area contributed by atoms with E-state index in [2.05, 4.69) is 15.8 Å². The predicted octanol–water partition coefficient (Wildman–Crippen LogP) is 3.01. The molecule has 1 aromatic rings. The second-order valence-corrected chi connectivity index (χ2v) is 6.37. The topological polar surface area (TPSA) is 67.2 Å². The summed E-state index contributed by atoms with van der Waals surface area (Å²) < 4.78 is 5.15. The Morgan fingerprint density at radius 2 is 2.19 bits per heavy atom. The molecule has 2 aliphatic carbocycles. The monoisotopic (exact) mass is 291 g/mol. The Hall–Kier alpha value is -1.52. The van der Waals surface area contributed by atoms with Crippen LogP contribution in [0, 0.1) is 11.8 Å². The van der Waals surface area contributed by atoms with Gasteiger partial charge in [0.1, 0.15) is 0 Å². The van der Waals surface area contributed by atoms with Gasteiger partial charge in [-0.05, 0) is 24.7 Å². The second-order valence-electron chi connectivity index (χ2n) is 6.37. The van der Waals surface area contributed by atoms with Gasteiger partial charge in [0.15, 0.2) is 5.76 Å². The number of urea groups is 1. The maximum Gasteiger partial charge on any atom is 0.315 e. The fourth-order valence-corrected chi connectivity index (χ4v) is 3.46. The number of carbonyl (C=O) groups is 1. The van der Waals surface area contributed by atoms with E-state index in [1.807, 2.05) is 13.0 Å². The fourth-order valence-electron chi connectivity index (χ4n) is 3.46. The average Bonchev–Trinajstić information content (AvgIpc) is 3.12. The van der Waals surface area contributed by atoms with E-state index in [4.69, 9.17) is 4.52 Å². The third-order valence-corrected chi connectivity index (χ3v) is 4.80. The van der Waals surface area contributed by atoms with Gasteiger partial charge in [0, 0.05) is 12.1 Å². The molecule has 5 nitrogen and oxygen atoms in total. The third kappa shape index (κ3) is 3.77. The zero-order valence-electron chi connectivity index (χ0n) is 12.7. The molecular formula is C16H25N3O2. The Morgan fingerprint density at radius 1 is 1.38 bits per heavy atom. The molecule has 2 saturated carbocycles. The minimum Gasteiger partial charge on any atom is -0.359 e. The second kappa shape index (κ2) is 6.50. The van der Waals surface area contributed by atoms with Crippen LogP contribution < -0.4 is 10.6 Å². The first-order valence-corrected chi connectivity index (χ1v) is 8.25. The van der Waals surface area contributed by atoms with Crippen LogP contribution in [0.3, 0.4) is 0 Å². The zero-order chi connectivity index (χ0) is 14.7. The Labute approximate surface area is 125 Å². The molecule has 2 fully saturated rings. The first kappa shape index (κ1) is 14.4. The molecule has 2 amide bonds. The summed E-state index contributed by atoms with van der Waals surface area (Å²) in [6, 6.07) is 2.18. The quantitative estimate of drug-likeness (QED) is 0.876. The molecule has 1 aromatic heterocycles. The number of hydrogen-bond donors (Lipinski definition) is 2. The van der Waals surface area contributed by atoms with Gasteiger partial charge in [-0.25, -0.2) is 4.79 Å². The molecule has 0 aliphatic heterocycles. The van der Waals surface area contributed by atoms with Gasteiger partial charge in [-0.3, -0.25) is 0 Å². The van der Waals surface area contributed by atoms with Gasteiger partial charge >= 0.3 is 6.03 Å². The highest BCUT2D eigenvalue weighted by atomic mass is 16.5. The molecule has 21 heavy (non-hydrogen) atoms. The Morgan fingerprint density at radius 3 is 2.90 bits per heavy atom. The van der Waals surface area contributed by atoms with E-state index in [0.29, 0.717) is 24.3 Å². The summed E-state index contributed by atoms with van der Waals surface area (Å²) in [5.74, 6) is 2.26. The molecule has 1 heterocycles. The van der Waals surface area contributed by atoms with Gasteiger partial charge in [0.25, 0.3) is 0 Å². The van der Waals surface area contributed by atoms with Gasteiger partial charge in [-0.1, -0.05) is 44.2 Å². The van der Waals surface area contributed by atoms with E-state index in [1.165, 1.54) is 32.1 Å². The molecule has 2 aliphatic rings. The highest BCUT2D eigenvalue weighted by molar-refractivity contribution is 5.74. The largest absolute Gasteiger partial charge is 0.359 e. The van der Waals surface area contributed by atoms with E-state index in [1.54, 1.807) is 0 Å². The highest BCUT2D eigenvalue weighted by Crippen LogP contribution is 2.44. The number of rotatable bonds is 5. The SMILES string of the molecule is CCc1cc(CNC(=O)N[C@@H]2C[C@H]2C2CCCCC2)on1. The Bertz CT molecular complexity index is 480. The number of nitrogens with zero attached hydrogens (tertiary/aromatic N) is 1. The van der Waals surface area contributed by atoms with Crippen LogP contribution in [0.5, 0.6) is 0 Å². The van der Waals surface area contributed by atoms with Crippen LogP contribution >= 0.6 is 0 Å². The molecule has 116 valence electrons. The summed E-state index contributed by atoms with van der Waals surface area (Å²) in [6.07, 6.45) is 8.82. The molecule has 0 saturated heterocycles. The summed E-state index contributed by atoms with van der Waals surface area (Å²) in [5.41, 5.74) is 0.923. The molecule has 2 N–H and O–H groups in total. The third-order valence-electron chi connectivity index (χ3n) is 4.80. The lowest BCUT2D eigenvalue weighted by atomic mass is 9.85. The number of hydrogen-bond acceptors (Lipinski definition) is 3. The fraction of sp³-hybridized carbons (Fsp3) is 0.750. The van der Waals surface area contributed by atoms with Gasteiger partial charge in [-0.15, -0.1) is 0 Å². The van der Waals surface area contributed by atoms with Crippen molar-refractivity contribution in [3.63, 3.8) is 0 Å². The standard InChI is InChI=1S/C16H25N3O2/c1-2-12-8-13(21-19-12)10-17-16(20)18-15-9-14(15)11-6-4-3-5-7-11/h8,11,14-15H,2-7,9-10H2,1H3,(H2,17,18,20)/t14-,15+/m0/s1. The van der Waals surface area contributed by atoms with Crippen molar-refractivity contribution in [3.8, 4) is 0 Å². The van der Waals surface area contributed by atoms with Crippen molar-refractivity contribution in [3.05, 3.63) is 17.5 Å². The van der Waals surface area contributed by atoms with Crippen molar-refractivity contribution in [2.45, 2.75) is 64.5 Å². The van der Waals surface area contributed by atoms with E-state index in [9.17, 15) is 4.79 Å². The van der Waals surface area contributed by atoms with Gasteiger partial charge in [-0.2, -0.15) is 0 Å². The van der Waals surface area contributed by atoms with Crippen LogP contribution in [-0.4, -0.2) is 17.2 Å². The lowest BCUT2D eigenvalue weighted by Gasteiger charge is -2.21. The van der Waals surface area contributed by atoms with E-state index in [0.717, 1.165) is 24.5 Å². The van der Waals surface area contributed by atoms with Crippen LogP contribution in [0.15, 0.2) is 10.6 Å². The first-order valence-electron chi connectivity index (χ1n) is 8.25. The highest BCUT2D eigenvalue weighted by Gasteiger charge is 2.43. The van der Waals surface area contributed by atoms with E-state index < -0.39 is 0 Å². The van der Waals surface area contributed by atoms with Crippen molar-refractivity contribution in [2.75, 3.05) is 0 Å². The summed E-state index contributed by atoms with van der Waals surface area (Å²) in [5, 5.41) is 9.84. The minimum atomic E-state index is -0.0900. The van der Waals surface area contributed by atoms with Crippen LogP contribution in [0.4, 0.5) is 4.79 Å². The van der Waals surface area contributed by atoms with Crippen molar-refractivity contribution in [1.29, 1.82) is 0 Å². The molecule has 5 heteroatoms. The van der Waals surface area contributed by atoms with Gasteiger partial charge in [0.2, 0.25) is 0 Å². The van der Waals surface area contributed by atoms with Crippen LogP contribution in [0.25, 0.3) is 0 Å². The summed E-state index contributed by atoms with van der Waals surface area (Å²) in [4.78, 5) is 11.9. The molecule has 0 spiro atoms. The van der Waals surface area contributed by atoms with Crippen molar-refractivity contribution < 1.29 is 9.32 Å². The minimum absolute atomic E-state index is 0.0900. The van der Waals surface area contributed by atoms with Crippen LogP contribution in [0.2, 0.25) is 0 Å². The molecular weight excluding hydrogens is 266 g/mol. The van der Waals surface area contributed by atoms with Crippen molar-refractivity contribution >= 4 is 6.03 Å².